The van der Waals surface area contributed by atoms with Crippen LogP contribution in [-0.4, -0.2) is 51.9 Å². The van der Waals surface area contributed by atoms with Gasteiger partial charge in [-0.2, -0.15) is 0 Å². The van der Waals surface area contributed by atoms with Gasteiger partial charge in [0.05, 0.1) is 18.2 Å². The number of ether oxygens (including phenoxy) is 1. The van der Waals surface area contributed by atoms with Gasteiger partial charge in [0.15, 0.2) is 5.78 Å². The van der Waals surface area contributed by atoms with Crippen molar-refractivity contribution in [3.8, 4) is 5.75 Å². The number of rotatable bonds is 11. The van der Waals surface area contributed by atoms with E-state index in [0.29, 0.717) is 41.2 Å². The second-order valence-corrected chi connectivity index (χ2v) is 11.6. The highest BCUT2D eigenvalue weighted by molar-refractivity contribution is 6.08. The first-order chi connectivity index (χ1) is 20.5. The van der Waals surface area contributed by atoms with Gasteiger partial charge in [-0.15, -0.1) is 0 Å². The predicted octanol–water partition coefficient (Wildman–Crippen LogP) is 6.02. The lowest BCUT2D eigenvalue weighted by molar-refractivity contribution is 0.0803. The first kappa shape index (κ1) is 28.1. The molecule has 6 rings (SSSR count). The lowest BCUT2D eigenvalue weighted by atomic mass is 9.86. The molecule has 7 nitrogen and oxygen atoms in total. The Morgan fingerprint density at radius 3 is 2.57 bits per heavy atom. The van der Waals surface area contributed by atoms with E-state index in [1.807, 2.05) is 42.6 Å². The number of aromatic nitrogens is 2. The van der Waals surface area contributed by atoms with Crippen LogP contribution in [0.25, 0.3) is 10.9 Å². The Morgan fingerprint density at radius 2 is 1.83 bits per heavy atom. The lowest BCUT2D eigenvalue weighted by Gasteiger charge is -2.39. The molecule has 3 atom stereocenters. The summed E-state index contributed by atoms with van der Waals surface area (Å²) in [6.07, 6.45) is 9.62. The van der Waals surface area contributed by atoms with Crippen LogP contribution in [0.3, 0.4) is 0 Å². The van der Waals surface area contributed by atoms with Crippen LogP contribution in [-0.2, 0) is 13.1 Å². The molecular weight excluding hydrogens is 531 g/mol. The maximum Gasteiger partial charge on any atom is 0.253 e. The molecule has 2 aliphatic rings. The summed E-state index contributed by atoms with van der Waals surface area (Å²) >= 11 is 0. The molecule has 1 amide bonds. The minimum Gasteiger partial charge on any atom is -0.495 e. The number of aryl methyl sites for hydroxylation is 1. The summed E-state index contributed by atoms with van der Waals surface area (Å²) in [4.78, 5) is 32.9. The average molecular weight is 569 g/mol. The maximum atomic E-state index is 13.6. The van der Waals surface area contributed by atoms with Gasteiger partial charge in [0.25, 0.3) is 5.91 Å². The summed E-state index contributed by atoms with van der Waals surface area (Å²) in [7, 11) is 1.65. The van der Waals surface area contributed by atoms with Gasteiger partial charge in [0.2, 0.25) is 0 Å². The number of hydrogen-bond donors (Lipinski definition) is 1. The van der Waals surface area contributed by atoms with Crippen molar-refractivity contribution in [2.24, 2.45) is 5.92 Å². The molecule has 0 spiro atoms. The van der Waals surface area contributed by atoms with Crippen LogP contribution >= 0.6 is 0 Å². The molecule has 2 bridgehead atoms. The standard InChI is InChI=1S/C34H37FN4O3/c1-42-32-11-5-9-28-29(34(41)37-21-23-7-4-8-25(35)17-23)22-38(33(28)32)15-6-16-39-26-12-13-27(39)19-24(18-26)20-31(40)30-10-2-3-14-36-30/h2-5,7-11,14,17,22,24,26-27H,6,12-13,15-16,18-21H2,1H3,(H,37,41)/t24-,26+,27-. The maximum absolute atomic E-state index is 13.6. The molecule has 42 heavy (non-hydrogen) atoms. The number of carbonyl (C=O) groups excluding carboxylic acids is 2. The minimum atomic E-state index is -0.321. The van der Waals surface area contributed by atoms with Crippen LogP contribution in [0.4, 0.5) is 4.39 Å². The van der Waals surface area contributed by atoms with Crippen molar-refractivity contribution >= 4 is 22.6 Å². The van der Waals surface area contributed by atoms with Crippen molar-refractivity contribution in [1.29, 1.82) is 0 Å². The second kappa shape index (κ2) is 12.4. The molecule has 2 saturated heterocycles. The number of methoxy groups -OCH3 is 1. The molecule has 2 aromatic carbocycles. The number of Topliss-reactive ketones (excluding diaryl/α,β-unsaturated/α-hetero) is 1. The van der Waals surface area contributed by atoms with E-state index < -0.39 is 0 Å². The van der Waals surface area contributed by atoms with Crippen molar-refractivity contribution in [2.75, 3.05) is 13.7 Å². The number of halogens is 1. The quantitative estimate of drug-likeness (QED) is 0.224. The van der Waals surface area contributed by atoms with Gasteiger partial charge in [-0.3, -0.25) is 19.5 Å². The van der Waals surface area contributed by atoms with Gasteiger partial charge in [-0.25, -0.2) is 4.39 Å². The van der Waals surface area contributed by atoms with Gasteiger partial charge >= 0.3 is 0 Å². The average Bonchev–Trinajstić information content (AvgIpc) is 3.49. The zero-order valence-electron chi connectivity index (χ0n) is 24.0. The third-order valence-electron chi connectivity index (χ3n) is 8.89. The van der Waals surface area contributed by atoms with E-state index in [1.165, 1.54) is 25.0 Å². The zero-order chi connectivity index (χ0) is 29.1. The first-order valence-corrected chi connectivity index (χ1v) is 14.9. The molecule has 8 heteroatoms. The van der Waals surface area contributed by atoms with E-state index in [1.54, 1.807) is 25.4 Å². The SMILES string of the molecule is COc1cccc2c(C(=O)NCc3cccc(F)c3)cn(CCCN3[C@@H]4CC[C@H]3C[C@@H](CC(=O)c3ccccn3)C4)c12. The topological polar surface area (TPSA) is 76.5 Å². The third kappa shape index (κ3) is 5.95. The van der Waals surface area contributed by atoms with E-state index in [2.05, 4.69) is 19.8 Å². The minimum absolute atomic E-state index is 0.151. The van der Waals surface area contributed by atoms with Crippen molar-refractivity contribution in [1.82, 2.24) is 19.8 Å². The number of nitrogens with zero attached hydrogens (tertiary/aromatic N) is 3. The summed E-state index contributed by atoms with van der Waals surface area (Å²) in [6.45, 7) is 1.98. The first-order valence-electron chi connectivity index (χ1n) is 14.9. The highest BCUT2D eigenvalue weighted by Gasteiger charge is 2.40. The highest BCUT2D eigenvalue weighted by Crippen LogP contribution is 2.40. The van der Waals surface area contributed by atoms with Gasteiger partial charge in [0, 0.05) is 55.9 Å². The Morgan fingerprint density at radius 1 is 1.02 bits per heavy atom. The number of fused-ring (bicyclic) bond motifs is 3. The Labute approximate surface area is 245 Å². The van der Waals surface area contributed by atoms with Crippen molar-refractivity contribution in [3.63, 3.8) is 0 Å². The van der Waals surface area contributed by atoms with Crippen LogP contribution < -0.4 is 10.1 Å². The monoisotopic (exact) mass is 568 g/mol. The van der Waals surface area contributed by atoms with Crippen molar-refractivity contribution in [2.45, 2.75) is 63.7 Å². The van der Waals surface area contributed by atoms with Gasteiger partial charge in [-0.05, 0) is 73.9 Å². The largest absolute Gasteiger partial charge is 0.495 e. The van der Waals surface area contributed by atoms with E-state index in [4.69, 9.17) is 4.74 Å². The summed E-state index contributed by atoms with van der Waals surface area (Å²) in [6, 6.07) is 18.6. The summed E-state index contributed by atoms with van der Waals surface area (Å²) in [5, 5.41) is 3.78. The van der Waals surface area contributed by atoms with E-state index in [9.17, 15) is 14.0 Å². The van der Waals surface area contributed by atoms with Crippen molar-refractivity contribution in [3.05, 3.63) is 95.7 Å². The number of pyridine rings is 1. The fraction of sp³-hybridized carbons (Fsp3) is 0.382. The van der Waals surface area contributed by atoms with Gasteiger partial charge in [-0.1, -0.05) is 30.3 Å². The van der Waals surface area contributed by atoms with Gasteiger partial charge in [0.1, 0.15) is 17.3 Å². The van der Waals surface area contributed by atoms with Crippen LogP contribution in [0.15, 0.2) is 73.1 Å². The van der Waals surface area contributed by atoms with Crippen LogP contribution in [0.2, 0.25) is 0 Å². The summed E-state index contributed by atoms with van der Waals surface area (Å²) in [5.41, 5.74) is 2.78. The highest BCUT2D eigenvalue weighted by atomic mass is 19.1. The molecule has 2 fully saturated rings. The fourth-order valence-electron chi connectivity index (χ4n) is 7.01. The predicted molar refractivity (Wildman–Crippen MR) is 160 cm³/mol. The summed E-state index contributed by atoms with van der Waals surface area (Å²) < 4.78 is 21.4. The number of para-hydroxylation sites is 1. The number of carbonyl (C=O) groups is 2. The zero-order valence-corrected chi connectivity index (χ0v) is 24.0. The summed E-state index contributed by atoms with van der Waals surface area (Å²) in [5.74, 6) is 0.780. The molecule has 0 unspecified atom stereocenters. The molecule has 218 valence electrons. The third-order valence-corrected chi connectivity index (χ3v) is 8.89. The van der Waals surface area contributed by atoms with Crippen LogP contribution in [0, 0.1) is 11.7 Å². The Balaban J connectivity index is 1.10. The number of hydrogen-bond acceptors (Lipinski definition) is 5. The number of amides is 1. The lowest BCUT2D eigenvalue weighted by Crippen LogP contribution is -2.43. The molecule has 2 aliphatic heterocycles. The second-order valence-electron chi connectivity index (χ2n) is 11.6. The number of benzene rings is 2. The molecule has 0 radical (unpaired) electrons. The molecule has 0 aliphatic carbocycles. The van der Waals surface area contributed by atoms with Crippen LogP contribution in [0.1, 0.15) is 64.9 Å². The van der Waals surface area contributed by atoms with E-state index >= 15 is 0 Å². The fourth-order valence-corrected chi connectivity index (χ4v) is 7.01. The molecule has 4 aromatic rings. The molecule has 4 heterocycles. The molecule has 1 N–H and O–H groups in total. The number of piperidine rings is 1. The number of nitrogens with one attached hydrogen (secondary N) is 1. The molecule has 0 saturated carbocycles. The Kier molecular flexibility index (Phi) is 8.33. The Hall–Kier alpha value is -4.04. The number of ketones is 1. The van der Waals surface area contributed by atoms with Crippen molar-refractivity contribution < 1.29 is 18.7 Å². The normalized spacial score (nSPS) is 20.1. The smallest absolute Gasteiger partial charge is 0.253 e. The van der Waals surface area contributed by atoms with E-state index in [-0.39, 0.29) is 24.1 Å². The molecular formula is C34H37FN4O3. The Bertz CT molecular complexity index is 1560. The van der Waals surface area contributed by atoms with E-state index in [0.717, 1.165) is 49.0 Å². The van der Waals surface area contributed by atoms with Gasteiger partial charge < -0.3 is 14.6 Å². The van der Waals surface area contributed by atoms with Crippen LogP contribution in [0.5, 0.6) is 5.75 Å². The molecule has 2 aromatic heterocycles.